The normalized spacial score (nSPS) is 15.0. The highest BCUT2D eigenvalue weighted by Crippen LogP contribution is 2.21. The number of nitrogens with zero attached hydrogens (tertiary/aromatic N) is 3. The van der Waals surface area contributed by atoms with Gasteiger partial charge < -0.3 is 14.9 Å². The summed E-state index contributed by atoms with van der Waals surface area (Å²) in [4.78, 5) is 20.4. The molecule has 0 atom stereocenters. The van der Waals surface area contributed by atoms with Crippen molar-refractivity contribution in [2.45, 2.75) is 6.92 Å². The zero-order valence-corrected chi connectivity index (χ0v) is 13.1. The van der Waals surface area contributed by atoms with Gasteiger partial charge in [0.15, 0.2) is 5.13 Å². The van der Waals surface area contributed by atoms with Crippen molar-refractivity contribution in [3.63, 3.8) is 0 Å². The number of nitrogens with one attached hydrogen (secondary N) is 1. The van der Waals surface area contributed by atoms with E-state index < -0.39 is 0 Å². The molecule has 116 valence electrons. The molecule has 2 aromatic rings. The molecule has 0 spiro atoms. The summed E-state index contributed by atoms with van der Waals surface area (Å²) in [7, 11) is 0. The molecule has 2 amide bonds. The van der Waals surface area contributed by atoms with Crippen LogP contribution in [-0.2, 0) is 0 Å². The smallest absolute Gasteiger partial charge is 0.323 e. The van der Waals surface area contributed by atoms with E-state index in [4.69, 9.17) is 0 Å². The van der Waals surface area contributed by atoms with Crippen molar-refractivity contribution in [2.75, 3.05) is 36.4 Å². The van der Waals surface area contributed by atoms with E-state index in [2.05, 4.69) is 15.2 Å². The number of rotatable bonds is 2. The van der Waals surface area contributed by atoms with Gasteiger partial charge in [-0.25, -0.2) is 9.78 Å². The Morgan fingerprint density at radius 2 is 2.09 bits per heavy atom. The SMILES string of the molecule is Cc1csc(NC(=O)N2CCN(c3cccc(O)c3)CC2)n1. The summed E-state index contributed by atoms with van der Waals surface area (Å²) in [6.07, 6.45) is 0. The highest BCUT2D eigenvalue weighted by molar-refractivity contribution is 7.13. The highest BCUT2D eigenvalue weighted by atomic mass is 32.1. The first-order valence-electron chi connectivity index (χ1n) is 7.14. The van der Waals surface area contributed by atoms with Crippen molar-refractivity contribution >= 4 is 28.2 Å². The minimum Gasteiger partial charge on any atom is -0.508 e. The van der Waals surface area contributed by atoms with E-state index in [1.165, 1.54) is 11.3 Å². The summed E-state index contributed by atoms with van der Waals surface area (Å²) in [6, 6.07) is 7.09. The summed E-state index contributed by atoms with van der Waals surface area (Å²) in [5.74, 6) is 0.261. The molecule has 0 bridgehead atoms. The average molecular weight is 318 g/mol. The molecule has 1 saturated heterocycles. The summed E-state index contributed by atoms with van der Waals surface area (Å²) in [5, 5.41) is 14.9. The Bertz CT molecular complexity index is 665. The number of anilines is 2. The molecular weight excluding hydrogens is 300 g/mol. The number of carbonyl (C=O) groups is 1. The second kappa shape index (κ2) is 6.23. The van der Waals surface area contributed by atoms with E-state index in [0.717, 1.165) is 24.5 Å². The summed E-state index contributed by atoms with van der Waals surface area (Å²) < 4.78 is 0. The van der Waals surface area contributed by atoms with Gasteiger partial charge in [0.1, 0.15) is 5.75 Å². The molecule has 0 unspecified atom stereocenters. The molecule has 3 rings (SSSR count). The number of amides is 2. The van der Waals surface area contributed by atoms with Gasteiger partial charge in [0, 0.05) is 43.3 Å². The van der Waals surface area contributed by atoms with Crippen LogP contribution in [0.4, 0.5) is 15.6 Å². The van der Waals surface area contributed by atoms with E-state index in [1.807, 2.05) is 24.4 Å². The molecule has 2 N–H and O–H groups in total. The third-order valence-corrected chi connectivity index (χ3v) is 4.47. The fraction of sp³-hybridized carbons (Fsp3) is 0.333. The third-order valence-electron chi connectivity index (χ3n) is 3.59. The van der Waals surface area contributed by atoms with Crippen LogP contribution in [0.2, 0.25) is 0 Å². The van der Waals surface area contributed by atoms with Gasteiger partial charge in [0.2, 0.25) is 0 Å². The number of piperazine rings is 1. The highest BCUT2D eigenvalue weighted by Gasteiger charge is 2.22. The lowest BCUT2D eigenvalue weighted by Gasteiger charge is -2.35. The first-order chi connectivity index (χ1) is 10.6. The fourth-order valence-corrected chi connectivity index (χ4v) is 3.12. The second-order valence-electron chi connectivity index (χ2n) is 5.22. The predicted molar refractivity (Wildman–Crippen MR) is 87.8 cm³/mol. The zero-order valence-electron chi connectivity index (χ0n) is 12.3. The molecule has 2 heterocycles. The lowest BCUT2D eigenvalue weighted by atomic mass is 10.2. The van der Waals surface area contributed by atoms with E-state index in [9.17, 15) is 9.90 Å². The van der Waals surface area contributed by atoms with Crippen LogP contribution in [0.1, 0.15) is 5.69 Å². The lowest BCUT2D eigenvalue weighted by Crippen LogP contribution is -2.50. The molecule has 0 aliphatic carbocycles. The lowest BCUT2D eigenvalue weighted by molar-refractivity contribution is 0.208. The summed E-state index contributed by atoms with van der Waals surface area (Å²) in [5.41, 5.74) is 1.89. The first kappa shape index (κ1) is 14.6. The summed E-state index contributed by atoms with van der Waals surface area (Å²) >= 11 is 1.43. The van der Waals surface area contributed by atoms with Crippen molar-refractivity contribution in [3.8, 4) is 5.75 Å². The van der Waals surface area contributed by atoms with Gasteiger partial charge in [0.05, 0.1) is 5.69 Å². The van der Waals surface area contributed by atoms with Crippen LogP contribution in [-0.4, -0.2) is 47.2 Å². The van der Waals surface area contributed by atoms with E-state index in [1.54, 1.807) is 17.0 Å². The molecule has 1 aromatic heterocycles. The minimum atomic E-state index is -0.107. The first-order valence-corrected chi connectivity index (χ1v) is 8.02. The third kappa shape index (κ3) is 3.30. The van der Waals surface area contributed by atoms with Crippen LogP contribution < -0.4 is 10.2 Å². The van der Waals surface area contributed by atoms with Gasteiger partial charge >= 0.3 is 6.03 Å². The van der Waals surface area contributed by atoms with Gasteiger partial charge in [-0.1, -0.05) is 6.07 Å². The Morgan fingerprint density at radius 3 is 2.73 bits per heavy atom. The number of hydrogen-bond acceptors (Lipinski definition) is 5. The molecule has 1 aliphatic heterocycles. The molecule has 1 aliphatic rings. The average Bonchev–Trinajstić information content (AvgIpc) is 2.92. The van der Waals surface area contributed by atoms with Crippen LogP contribution in [0.15, 0.2) is 29.6 Å². The number of benzene rings is 1. The number of aryl methyl sites for hydroxylation is 1. The molecule has 7 heteroatoms. The number of hydrogen-bond donors (Lipinski definition) is 2. The zero-order chi connectivity index (χ0) is 15.5. The Morgan fingerprint density at radius 1 is 1.32 bits per heavy atom. The quantitative estimate of drug-likeness (QED) is 0.893. The standard InChI is InChI=1S/C15H18N4O2S/c1-11-10-22-14(16-11)17-15(21)19-7-5-18(6-8-19)12-3-2-4-13(20)9-12/h2-4,9-10,20H,5-8H2,1H3,(H,16,17,21). The number of thiazole rings is 1. The Labute approximate surface area is 133 Å². The van der Waals surface area contributed by atoms with Crippen molar-refractivity contribution in [2.24, 2.45) is 0 Å². The van der Waals surface area contributed by atoms with Gasteiger partial charge in [-0.15, -0.1) is 11.3 Å². The van der Waals surface area contributed by atoms with Gasteiger partial charge in [-0.05, 0) is 19.1 Å². The molecule has 1 fully saturated rings. The number of aromatic nitrogens is 1. The Hall–Kier alpha value is -2.28. The van der Waals surface area contributed by atoms with E-state index in [-0.39, 0.29) is 11.8 Å². The molecule has 22 heavy (non-hydrogen) atoms. The maximum atomic E-state index is 12.2. The Kier molecular flexibility index (Phi) is 4.15. The van der Waals surface area contributed by atoms with Crippen LogP contribution in [0.5, 0.6) is 5.75 Å². The topological polar surface area (TPSA) is 68.7 Å². The Balaban J connectivity index is 1.56. The molecule has 1 aromatic carbocycles. The van der Waals surface area contributed by atoms with Gasteiger partial charge in [-0.3, -0.25) is 5.32 Å². The maximum Gasteiger partial charge on any atom is 0.323 e. The minimum absolute atomic E-state index is 0.107. The van der Waals surface area contributed by atoms with Crippen molar-refractivity contribution in [1.29, 1.82) is 0 Å². The largest absolute Gasteiger partial charge is 0.508 e. The number of phenolic OH excluding ortho intramolecular Hbond substituents is 1. The number of phenols is 1. The van der Waals surface area contributed by atoms with Crippen LogP contribution in [0.3, 0.4) is 0 Å². The van der Waals surface area contributed by atoms with Crippen LogP contribution in [0, 0.1) is 6.92 Å². The number of urea groups is 1. The number of carbonyl (C=O) groups excluding carboxylic acids is 1. The van der Waals surface area contributed by atoms with Gasteiger partial charge in [0.25, 0.3) is 0 Å². The van der Waals surface area contributed by atoms with E-state index in [0.29, 0.717) is 18.2 Å². The molecular formula is C15H18N4O2S. The predicted octanol–water partition coefficient (Wildman–Crippen LogP) is 2.51. The molecule has 0 saturated carbocycles. The number of aromatic hydroxyl groups is 1. The van der Waals surface area contributed by atoms with Crippen molar-refractivity contribution < 1.29 is 9.90 Å². The monoisotopic (exact) mass is 318 g/mol. The maximum absolute atomic E-state index is 12.2. The van der Waals surface area contributed by atoms with E-state index >= 15 is 0 Å². The van der Waals surface area contributed by atoms with Crippen LogP contribution >= 0.6 is 11.3 Å². The molecule has 0 radical (unpaired) electrons. The van der Waals surface area contributed by atoms with Crippen molar-refractivity contribution in [3.05, 3.63) is 35.3 Å². The van der Waals surface area contributed by atoms with Gasteiger partial charge in [-0.2, -0.15) is 0 Å². The molecule has 6 nitrogen and oxygen atoms in total. The fourth-order valence-electron chi connectivity index (χ4n) is 2.44. The van der Waals surface area contributed by atoms with Crippen LogP contribution in [0.25, 0.3) is 0 Å². The second-order valence-corrected chi connectivity index (χ2v) is 6.08. The summed E-state index contributed by atoms with van der Waals surface area (Å²) in [6.45, 7) is 4.68. The van der Waals surface area contributed by atoms with Crippen molar-refractivity contribution in [1.82, 2.24) is 9.88 Å².